The maximum Gasteiger partial charge on any atom is 0.130 e. The molecule has 2 aromatic carbocycles. The molecule has 0 spiro atoms. The number of pyridine rings is 3. The molecule has 8 heteroatoms. The van der Waals surface area contributed by atoms with E-state index in [4.69, 9.17) is 14.7 Å². The summed E-state index contributed by atoms with van der Waals surface area (Å²) in [7, 11) is 0. The first-order chi connectivity index (χ1) is 19.1. The fourth-order valence-corrected chi connectivity index (χ4v) is 4.88. The van der Waals surface area contributed by atoms with Gasteiger partial charge in [-0.05, 0) is 48.9 Å². The fourth-order valence-electron chi connectivity index (χ4n) is 4.88. The third-order valence-electron chi connectivity index (χ3n) is 6.89. The molecule has 0 aliphatic carbocycles. The monoisotopic (exact) mass is 516 g/mol. The average molecular weight is 517 g/mol. The van der Waals surface area contributed by atoms with Gasteiger partial charge in [0.1, 0.15) is 11.6 Å². The summed E-state index contributed by atoms with van der Waals surface area (Å²) in [4.78, 5) is 16.3. The van der Waals surface area contributed by atoms with Gasteiger partial charge in [0.25, 0.3) is 0 Å². The zero-order chi connectivity index (χ0) is 26.8. The number of ether oxygens (including phenoxy) is 1. The van der Waals surface area contributed by atoms with Gasteiger partial charge < -0.3 is 15.0 Å². The molecule has 1 N–H and O–H groups in total. The number of rotatable bonds is 5. The molecule has 1 aliphatic heterocycles. The molecule has 0 amide bonds. The van der Waals surface area contributed by atoms with E-state index >= 15 is 0 Å². The summed E-state index contributed by atoms with van der Waals surface area (Å²) >= 11 is 0. The second-order valence-corrected chi connectivity index (χ2v) is 9.34. The van der Waals surface area contributed by atoms with Crippen LogP contribution < -0.4 is 10.2 Å². The molecule has 192 valence electrons. The lowest BCUT2D eigenvalue weighted by molar-refractivity contribution is 0.122. The molecule has 5 aromatic rings. The van der Waals surface area contributed by atoms with Gasteiger partial charge in [0.15, 0.2) is 0 Å². The van der Waals surface area contributed by atoms with Crippen molar-refractivity contribution in [1.29, 1.82) is 5.26 Å². The predicted octanol–water partition coefficient (Wildman–Crippen LogP) is 6.26. The lowest BCUT2D eigenvalue weighted by Gasteiger charge is -2.28. The number of nitrogens with zero attached hydrogens (tertiary/aromatic N) is 5. The highest BCUT2D eigenvalue weighted by Gasteiger charge is 2.19. The molecule has 6 rings (SSSR count). The number of morpholine rings is 1. The van der Waals surface area contributed by atoms with Crippen LogP contribution in [-0.4, -0.2) is 41.3 Å². The van der Waals surface area contributed by atoms with Crippen LogP contribution in [0.3, 0.4) is 0 Å². The molecule has 0 bridgehead atoms. The molecule has 7 nitrogen and oxygen atoms in total. The van der Waals surface area contributed by atoms with E-state index in [1.54, 1.807) is 18.3 Å². The Hall–Kier alpha value is -4.87. The highest BCUT2D eigenvalue weighted by atomic mass is 19.1. The van der Waals surface area contributed by atoms with Crippen molar-refractivity contribution < 1.29 is 9.13 Å². The molecule has 1 fully saturated rings. The van der Waals surface area contributed by atoms with E-state index in [0.29, 0.717) is 35.7 Å². The lowest BCUT2D eigenvalue weighted by Crippen LogP contribution is -2.36. The molecule has 0 atom stereocenters. The second kappa shape index (κ2) is 10.5. The largest absolute Gasteiger partial charge is 0.378 e. The Bertz CT molecular complexity index is 1710. The molecular weight excluding hydrogens is 491 g/mol. The van der Waals surface area contributed by atoms with Crippen molar-refractivity contribution in [2.45, 2.75) is 6.92 Å². The van der Waals surface area contributed by atoms with Crippen molar-refractivity contribution in [3.63, 3.8) is 0 Å². The van der Waals surface area contributed by atoms with Crippen LogP contribution in [0, 0.1) is 24.1 Å². The topological polar surface area (TPSA) is 87.0 Å². The summed E-state index contributed by atoms with van der Waals surface area (Å²) in [5.41, 5.74) is 6.68. The maximum absolute atomic E-state index is 14.3. The minimum atomic E-state index is -0.357. The van der Waals surface area contributed by atoms with Gasteiger partial charge in [0.05, 0.1) is 53.1 Å². The van der Waals surface area contributed by atoms with Crippen molar-refractivity contribution in [3.05, 3.63) is 96.1 Å². The Morgan fingerprint density at radius 1 is 1.00 bits per heavy atom. The van der Waals surface area contributed by atoms with Gasteiger partial charge in [-0.1, -0.05) is 18.2 Å². The second-order valence-electron chi connectivity index (χ2n) is 9.34. The molecule has 4 heterocycles. The molecule has 0 radical (unpaired) electrons. The summed E-state index contributed by atoms with van der Waals surface area (Å²) < 4.78 is 19.9. The van der Waals surface area contributed by atoms with Crippen LogP contribution in [0.4, 0.5) is 21.6 Å². The maximum atomic E-state index is 14.3. The molecule has 3 aromatic heterocycles. The van der Waals surface area contributed by atoms with Crippen molar-refractivity contribution in [2.75, 3.05) is 36.5 Å². The number of nitrogens with one attached hydrogen (secondary N) is 1. The number of nitriles is 1. The minimum Gasteiger partial charge on any atom is -0.378 e. The van der Waals surface area contributed by atoms with Gasteiger partial charge in [-0.2, -0.15) is 5.26 Å². The van der Waals surface area contributed by atoms with Crippen molar-refractivity contribution in [2.24, 2.45) is 0 Å². The third kappa shape index (κ3) is 4.88. The zero-order valence-corrected chi connectivity index (χ0v) is 21.4. The first-order valence-corrected chi connectivity index (χ1v) is 12.7. The van der Waals surface area contributed by atoms with Crippen LogP contribution in [-0.2, 0) is 4.74 Å². The van der Waals surface area contributed by atoms with Gasteiger partial charge in [-0.25, -0.2) is 14.4 Å². The molecule has 1 saturated heterocycles. The smallest absolute Gasteiger partial charge is 0.130 e. The van der Waals surface area contributed by atoms with Gasteiger partial charge >= 0.3 is 0 Å². The third-order valence-corrected chi connectivity index (χ3v) is 6.89. The van der Waals surface area contributed by atoms with Gasteiger partial charge in [0.2, 0.25) is 0 Å². The van der Waals surface area contributed by atoms with E-state index < -0.39 is 0 Å². The molecule has 0 saturated carbocycles. The Balaban J connectivity index is 1.55. The Labute approximate surface area is 225 Å². The highest BCUT2D eigenvalue weighted by Crippen LogP contribution is 2.39. The normalized spacial score (nSPS) is 13.3. The summed E-state index contributed by atoms with van der Waals surface area (Å²) in [6, 6.07) is 22.0. The number of halogens is 1. The van der Waals surface area contributed by atoms with Crippen LogP contribution in [0.5, 0.6) is 0 Å². The van der Waals surface area contributed by atoms with E-state index in [1.807, 2.05) is 55.6 Å². The van der Waals surface area contributed by atoms with E-state index in [2.05, 4.69) is 21.3 Å². The Kier molecular flexibility index (Phi) is 6.57. The van der Waals surface area contributed by atoms with Crippen LogP contribution in [0.25, 0.3) is 33.4 Å². The van der Waals surface area contributed by atoms with Crippen LogP contribution in [0.1, 0.15) is 11.1 Å². The number of aromatic nitrogens is 3. The predicted molar refractivity (Wildman–Crippen MR) is 150 cm³/mol. The van der Waals surface area contributed by atoms with E-state index in [-0.39, 0.29) is 5.82 Å². The number of fused-ring (bicyclic) bond motifs is 1. The van der Waals surface area contributed by atoms with Crippen molar-refractivity contribution in [1.82, 2.24) is 15.0 Å². The summed E-state index contributed by atoms with van der Waals surface area (Å²) in [5, 5.41) is 13.9. The minimum absolute atomic E-state index is 0.357. The molecular formula is C31H25FN6O. The SMILES string of the molecule is Cc1c(-c2ccccn2)nc2cc(F)ccc2c1Nc1cc(N2CCOCC2)ncc1-c1cccc(C#N)c1. The zero-order valence-electron chi connectivity index (χ0n) is 21.4. The molecule has 0 unspecified atom stereocenters. The standard InChI is InChI=1S/C31H25FN6O/c1-20-30(24-9-8-23(32)16-27(24)37-31(20)26-7-2-3-10-34-26)36-28-17-29(38-11-13-39-14-12-38)35-19-25(28)22-6-4-5-21(15-22)18-33/h2-10,15-17,19H,11-14H2,1H3,(H,35,36,37). The number of anilines is 3. The fraction of sp³-hybridized carbons (Fsp3) is 0.161. The molecule has 1 aliphatic rings. The number of hydrogen-bond acceptors (Lipinski definition) is 7. The number of hydrogen-bond donors (Lipinski definition) is 1. The molecule has 39 heavy (non-hydrogen) atoms. The van der Waals surface area contributed by atoms with Gasteiger partial charge in [-0.3, -0.25) is 4.98 Å². The number of benzene rings is 2. The highest BCUT2D eigenvalue weighted by molar-refractivity contribution is 5.99. The summed E-state index contributed by atoms with van der Waals surface area (Å²) in [6.45, 7) is 4.77. The quantitative estimate of drug-likeness (QED) is 0.295. The van der Waals surface area contributed by atoms with Crippen LogP contribution in [0.2, 0.25) is 0 Å². The Morgan fingerprint density at radius 3 is 2.67 bits per heavy atom. The van der Waals surface area contributed by atoms with Crippen molar-refractivity contribution in [3.8, 4) is 28.6 Å². The van der Waals surface area contributed by atoms with E-state index in [0.717, 1.165) is 52.4 Å². The first kappa shape index (κ1) is 24.5. The van der Waals surface area contributed by atoms with Gasteiger partial charge in [-0.15, -0.1) is 0 Å². The summed E-state index contributed by atoms with van der Waals surface area (Å²) in [5.74, 6) is 0.470. The first-order valence-electron chi connectivity index (χ1n) is 12.7. The van der Waals surface area contributed by atoms with E-state index in [1.165, 1.54) is 12.1 Å². The van der Waals surface area contributed by atoms with Crippen molar-refractivity contribution >= 4 is 28.1 Å². The van der Waals surface area contributed by atoms with E-state index in [9.17, 15) is 9.65 Å². The van der Waals surface area contributed by atoms with Crippen LogP contribution >= 0.6 is 0 Å². The van der Waals surface area contributed by atoms with Crippen LogP contribution in [0.15, 0.2) is 79.1 Å². The lowest BCUT2D eigenvalue weighted by atomic mass is 10.0. The summed E-state index contributed by atoms with van der Waals surface area (Å²) in [6.07, 6.45) is 3.55. The average Bonchev–Trinajstić information content (AvgIpc) is 2.99. The Morgan fingerprint density at radius 2 is 1.87 bits per heavy atom. The van der Waals surface area contributed by atoms with Gasteiger partial charge in [0, 0.05) is 54.1 Å².